The van der Waals surface area contributed by atoms with E-state index in [2.05, 4.69) is 5.32 Å². The van der Waals surface area contributed by atoms with Crippen molar-refractivity contribution in [2.24, 2.45) is 0 Å². The van der Waals surface area contributed by atoms with Crippen molar-refractivity contribution in [3.05, 3.63) is 23.8 Å². The van der Waals surface area contributed by atoms with Crippen molar-refractivity contribution in [1.82, 2.24) is 5.32 Å². The van der Waals surface area contributed by atoms with Crippen LogP contribution >= 0.6 is 0 Å². The molecule has 0 aliphatic carbocycles. The van der Waals surface area contributed by atoms with Crippen LogP contribution in [0.1, 0.15) is 30.6 Å². The van der Waals surface area contributed by atoms with Crippen LogP contribution in [0.4, 0.5) is 5.69 Å². The topological polar surface area (TPSA) is 102 Å². The molecule has 0 aliphatic rings. The van der Waals surface area contributed by atoms with E-state index < -0.39 is 17.9 Å². The number of carboxylic acids is 1. The Hall–Kier alpha value is -2.24. The number of hydrogen-bond donors (Lipinski definition) is 3. The minimum absolute atomic E-state index is 0.300. The molecule has 4 N–H and O–H groups in total. The highest BCUT2D eigenvalue weighted by molar-refractivity contribution is 5.97. The molecule has 0 spiro atoms. The van der Waals surface area contributed by atoms with Crippen LogP contribution in [0.3, 0.4) is 0 Å². The lowest BCUT2D eigenvalue weighted by atomic mass is 10.1. The van der Waals surface area contributed by atoms with Gasteiger partial charge >= 0.3 is 5.97 Å². The summed E-state index contributed by atoms with van der Waals surface area (Å²) in [6.07, 6.45) is 0.859. The van der Waals surface area contributed by atoms with Crippen molar-refractivity contribution in [3.63, 3.8) is 0 Å². The smallest absolute Gasteiger partial charge is 0.325 e. The first-order valence-corrected chi connectivity index (χ1v) is 6.01. The summed E-state index contributed by atoms with van der Waals surface area (Å²) in [6, 6.07) is 3.66. The molecule has 1 atom stereocenters. The Bertz CT molecular complexity index is 474. The molecular formula is C13H18N2O4. The number of ether oxygens (including phenoxy) is 1. The van der Waals surface area contributed by atoms with Gasteiger partial charge in [0.25, 0.3) is 5.91 Å². The van der Waals surface area contributed by atoms with E-state index in [4.69, 9.17) is 15.6 Å². The van der Waals surface area contributed by atoms with Crippen molar-refractivity contribution < 1.29 is 19.4 Å². The molecule has 0 saturated carbocycles. The summed E-state index contributed by atoms with van der Waals surface area (Å²) >= 11 is 0. The summed E-state index contributed by atoms with van der Waals surface area (Å²) in [4.78, 5) is 22.4. The van der Waals surface area contributed by atoms with Crippen molar-refractivity contribution >= 4 is 17.6 Å². The third-order valence-electron chi connectivity index (χ3n) is 2.45. The van der Waals surface area contributed by atoms with Gasteiger partial charge in [0, 0.05) is 5.56 Å². The molecule has 0 aliphatic heterocycles. The molecule has 1 rings (SSSR count). The number of carbonyl (C=O) groups is 2. The lowest BCUT2D eigenvalue weighted by Gasteiger charge is -2.11. The van der Waals surface area contributed by atoms with Gasteiger partial charge in [-0.15, -0.1) is 0 Å². The Morgan fingerprint density at radius 1 is 1.47 bits per heavy atom. The van der Waals surface area contributed by atoms with Crippen LogP contribution in [0.25, 0.3) is 0 Å². The van der Waals surface area contributed by atoms with Gasteiger partial charge in [0.05, 0.1) is 12.3 Å². The molecule has 0 heterocycles. The Kier molecular flexibility index (Phi) is 5.17. The lowest BCUT2D eigenvalue weighted by Crippen LogP contribution is -2.38. The van der Waals surface area contributed by atoms with Crippen LogP contribution in [-0.2, 0) is 4.79 Å². The highest BCUT2D eigenvalue weighted by atomic mass is 16.5. The monoisotopic (exact) mass is 266 g/mol. The molecule has 1 aromatic rings. The van der Waals surface area contributed by atoms with Gasteiger partial charge in [0.1, 0.15) is 11.8 Å². The molecule has 0 saturated heterocycles. The molecule has 6 nitrogen and oxygen atoms in total. The van der Waals surface area contributed by atoms with Crippen LogP contribution in [-0.4, -0.2) is 29.6 Å². The summed E-state index contributed by atoms with van der Waals surface area (Å²) in [6.45, 7) is 3.92. The second kappa shape index (κ2) is 6.63. The number of aliphatic carboxylic acids is 1. The van der Waals surface area contributed by atoms with E-state index in [1.807, 2.05) is 6.92 Å². The molecular weight excluding hydrogens is 248 g/mol. The van der Waals surface area contributed by atoms with E-state index in [0.29, 0.717) is 23.6 Å². The minimum Gasteiger partial charge on any atom is -0.491 e. The SMILES string of the molecule is CCCOc1ccc(C(=O)NC(C)C(=O)O)cc1N. The van der Waals surface area contributed by atoms with Gasteiger partial charge in [-0.2, -0.15) is 0 Å². The first-order chi connectivity index (χ1) is 8.95. The van der Waals surface area contributed by atoms with Gasteiger partial charge in [0.15, 0.2) is 0 Å². The van der Waals surface area contributed by atoms with Crippen LogP contribution in [0, 0.1) is 0 Å². The fourth-order valence-corrected chi connectivity index (χ4v) is 1.37. The molecule has 0 fully saturated rings. The Labute approximate surface area is 111 Å². The number of rotatable bonds is 6. The fourth-order valence-electron chi connectivity index (χ4n) is 1.37. The van der Waals surface area contributed by atoms with E-state index >= 15 is 0 Å². The molecule has 19 heavy (non-hydrogen) atoms. The number of carboxylic acid groups (broad SMARTS) is 1. The molecule has 0 radical (unpaired) electrons. The van der Waals surface area contributed by atoms with Gasteiger partial charge in [-0.25, -0.2) is 0 Å². The average molecular weight is 266 g/mol. The molecule has 1 unspecified atom stereocenters. The van der Waals surface area contributed by atoms with Crippen molar-refractivity contribution in [3.8, 4) is 5.75 Å². The standard InChI is InChI=1S/C13H18N2O4/c1-3-6-19-11-5-4-9(7-10(11)14)12(16)15-8(2)13(17)18/h4-5,7-8H,3,6,14H2,1-2H3,(H,15,16)(H,17,18). The maximum absolute atomic E-state index is 11.8. The Morgan fingerprint density at radius 3 is 2.68 bits per heavy atom. The summed E-state index contributed by atoms with van der Waals surface area (Å²) in [5.41, 5.74) is 6.42. The zero-order valence-electron chi connectivity index (χ0n) is 11.0. The summed E-state index contributed by atoms with van der Waals surface area (Å²) in [5.74, 6) is -1.06. The number of nitrogen functional groups attached to an aromatic ring is 1. The molecule has 104 valence electrons. The first-order valence-electron chi connectivity index (χ1n) is 6.01. The largest absolute Gasteiger partial charge is 0.491 e. The number of nitrogens with two attached hydrogens (primary N) is 1. The normalized spacial score (nSPS) is 11.7. The summed E-state index contributed by atoms with van der Waals surface area (Å²) < 4.78 is 5.39. The van der Waals surface area contributed by atoms with Crippen LogP contribution < -0.4 is 15.8 Å². The van der Waals surface area contributed by atoms with Gasteiger partial charge in [0.2, 0.25) is 0 Å². The van der Waals surface area contributed by atoms with Gasteiger partial charge in [-0.3, -0.25) is 9.59 Å². The van der Waals surface area contributed by atoms with Crippen LogP contribution in [0.2, 0.25) is 0 Å². The fraction of sp³-hybridized carbons (Fsp3) is 0.385. The van der Waals surface area contributed by atoms with Crippen LogP contribution in [0.15, 0.2) is 18.2 Å². The average Bonchev–Trinajstić information content (AvgIpc) is 2.36. The molecule has 6 heteroatoms. The molecule has 1 amide bonds. The maximum atomic E-state index is 11.8. The lowest BCUT2D eigenvalue weighted by molar-refractivity contribution is -0.138. The number of hydrogen-bond acceptors (Lipinski definition) is 4. The van der Waals surface area contributed by atoms with E-state index in [1.165, 1.54) is 13.0 Å². The summed E-state index contributed by atoms with van der Waals surface area (Å²) in [7, 11) is 0. The predicted molar refractivity (Wildman–Crippen MR) is 71.2 cm³/mol. The number of amides is 1. The van der Waals surface area contributed by atoms with Gasteiger partial charge < -0.3 is 20.9 Å². The first kappa shape index (κ1) is 14.8. The number of carbonyl (C=O) groups excluding carboxylic acids is 1. The Morgan fingerprint density at radius 2 is 2.16 bits per heavy atom. The third-order valence-corrected chi connectivity index (χ3v) is 2.45. The van der Waals surface area contributed by atoms with E-state index in [9.17, 15) is 9.59 Å². The quantitative estimate of drug-likeness (QED) is 0.673. The molecule has 0 aromatic heterocycles. The van der Waals surface area contributed by atoms with Crippen molar-refractivity contribution in [1.29, 1.82) is 0 Å². The zero-order valence-corrected chi connectivity index (χ0v) is 11.0. The maximum Gasteiger partial charge on any atom is 0.325 e. The number of anilines is 1. The van der Waals surface area contributed by atoms with E-state index in [0.717, 1.165) is 6.42 Å². The van der Waals surface area contributed by atoms with Gasteiger partial charge in [-0.05, 0) is 31.5 Å². The third kappa shape index (κ3) is 4.17. The summed E-state index contributed by atoms with van der Waals surface area (Å²) in [5, 5.41) is 11.1. The van der Waals surface area contributed by atoms with Gasteiger partial charge in [-0.1, -0.05) is 6.92 Å². The predicted octanol–water partition coefficient (Wildman–Crippen LogP) is 1.26. The van der Waals surface area contributed by atoms with E-state index in [-0.39, 0.29) is 0 Å². The minimum atomic E-state index is -1.09. The highest BCUT2D eigenvalue weighted by Crippen LogP contribution is 2.22. The molecule has 1 aromatic carbocycles. The Balaban J connectivity index is 2.77. The molecule has 0 bridgehead atoms. The van der Waals surface area contributed by atoms with Crippen LogP contribution in [0.5, 0.6) is 5.75 Å². The second-order valence-corrected chi connectivity index (χ2v) is 4.13. The second-order valence-electron chi connectivity index (χ2n) is 4.13. The van der Waals surface area contributed by atoms with Crippen molar-refractivity contribution in [2.75, 3.05) is 12.3 Å². The van der Waals surface area contributed by atoms with E-state index in [1.54, 1.807) is 12.1 Å². The zero-order chi connectivity index (χ0) is 14.4. The highest BCUT2D eigenvalue weighted by Gasteiger charge is 2.16. The number of benzene rings is 1. The number of nitrogens with one attached hydrogen (secondary N) is 1. The van der Waals surface area contributed by atoms with Crippen molar-refractivity contribution in [2.45, 2.75) is 26.3 Å².